The van der Waals surface area contributed by atoms with Gasteiger partial charge in [0.2, 0.25) is 0 Å². The molecule has 5 nitrogen and oxygen atoms in total. The average molecular weight is 489 g/mol. The number of hydrogen-bond donors (Lipinski definition) is 2. The van der Waals surface area contributed by atoms with Crippen LogP contribution in [0.4, 0.5) is 23.2 Å². The molecule has 2 N–H and O–H groups in total. The first-order chi connectivity index (χ1) is 14.1. The van der Waals surface area contributed by atoms with Gasteiger partial charge < -0.3 is 15.3 Å². The van der Waals surface area contributed by atoms with Gasteiger partial charge in [-0.15, -0.1) is 0 Å². The van der Waals surface area contributed by atoms with E-state index in [-0.39, 0.29) is 41.7 Å². The lowest BCUT2D eigenvalue weighted by Gasteiger charge is -2.32. The normalized spacial score (nSPS) is 15.2. The maximum Gasteiger partial charge on any atom is 0.352 e. The summed E-state index contributed by atoms with van der Waals surface area (Å²) in [6, 6.07) is 5.96. The molecule has 1 saturated heterocycles. The molecule has 1 fully saturated rings. The molecule has 2 aromatic carbocycles. The van der Waals surface area contributed by atoms with Crippen molar-refractivity contribution in [1.82, 2.24) is 4.90 Å². The summed E-state index contributed by atoms with van der Waals surface area (Å²) >= 11 is 2.96. The van der Waals surface area contributed by atoms with Crippen molar-refractivity contribution in [2.75, 3.05) is 18.4 Å². The number of halogens is 5. The number of piperidine rings is 1. The zero-order valence-electron chi connectivity index (χ0n) is 15.5. The van der Waals surface area contributed by atoms with Crippen molar-refractivity contribution in [3.8, 4) is 0 Å². The minimum atomic E-state index is -4.19. The van der Waals surface area contributed by atoms with Crippen LogP contribution in [0.2, 0.25) is 0 Å². The molecule has 1 aliphatic heterocycles. The first kappa shape index (κ1) is 22.2. The van der Waals surface area contributed by atoms with Crippen LogP contribution in [0.1, 0.15) is 28.8 Å². The zero-order chi connectivity index (χ0) is 22.1. The van der Waals surface area contributed by atoms with Crippen LogP contribution in [0.3, 0.4) is 0 Å². The fourth-order valence-corrected chi connectivity index (χ4v) is 3.45. The summed E-state index contributed by atoms with van der Waals surface area (Å²) in [5.74, 6) is -8.50. The highest BCUT2D eigenvalue weighted by Gasteiger charge is 2.46. The molecule has 0 saturated carbocycles. The van der Waals surface area contributed by atoms with E-state index in [2.05, 4.69) is 21.2 Å². The molecule has 3 rings (SSSR count). The zero-order valence-corrected chi connectivity index (χ0v) is 17.1. The third kappa shape index (κ3) is 4.65. The second kappa shape index (κ2) is 8.73. The van der Waals surface area contributed by atoms with Gasteiger partial charge in [-0.1, -0.05) is 0 Å². The Bertz CT molecular complexity index is 979. The number of anilines is 1. The molecular weight excluding hydrogens is 472 g/mol. The number of nitrogens with zero attached hydrogens (tertiary/aromatic N) is 1. The highest BCUT2D eigenvalue weighted by atomic mass is 79.9. The number of carbonyl (C=O) groups is 2. The molecule has 0 atom stereocenters. The highest BCUT2D eigenvalue weighted by Crippen LogP contribution is 2.34. The summed E-state index contributed by atoms with van der Waals surface area (Å²) in [6.07, 6.45) is -0.363. The topological polar surface area (TPSA) is 69.6 Å². The van der Waals surface area contributed by atoms with Gasteiger partial charge in [0, 0.05) is 24.3 Å². The van der Waals surface area contributed by atoms with Gasteiger partial charge in [0.15, 0.2) is 0 Å². The lowest BCUT2D eigenvalue weighted by atomic mass is 10.0. The Morgan fingerprint density at radius 3 is 2.33 bits per heavy atom. The molecule has 1 heterocycles. The van der Waals surface area contributed by atoms with E-state index in [0.717, 1.165) is 17.0 Å². The molecule has 30 heavy (non-hydrogen) atoms. The number of likely N-dealkylation sites (tertiary alicyclic amines) is 1. The molecule has 10 heteroatoms. The molecule has 0 spiro atoms. The standard InChI is InChI=1S/C20H17BrF4N2O3/c21-15-10-12(2-4-17(15)23)26-18(29)11-1-3-16(22)14(9-11)20(24,25)19(30)27-7-5-13(28)6-8-27/h1-4,9-10,13,28H,5-8H2,(H,26,29). The van der Waals surface area contributed by atoms with E-state index in [4.69, 9.17) is 0 Å². The van der Waals surface area contributed by atoms with Gasteiger partial charge in [-0.3, -0.25) is 9.59 Å². The molecule has 160 valence electrons. The van der Waals surface area contributed by atoms with Crippen LogP contribution < -0.4 is 5.32 Å². The number of aliphatic hydroxyl groups is 1. The van der Waals surface area contributed by atoms with Gasteiger partial charge in [0.1, 0.15) is 11.6 Å². The summed E-state index contributed by atoms with van der Waals surface area (Å²) in [4.78, 5) is 25.6. The van der Waals surface area contributed by atoms with Crippen molar-refractivity contribution in [2.45, 2.75) is 24.9 Å². The Hall–Kier alpha value is -2.46. The fourth-order valence-electron chi connectivity index (χ4n) is 3.07. The molecule has 0 unspecified atom stereocenters. The SMILES string of the molecule is O=C(Nc1ccc(F)c(Br)c1)c1ccc(F)c(C(F)(F)C(=O)N2CCC(O)CC2)c1. The molecule has 0 radical (unpaired) electrons. The van der Waals surface area contributed by atoms with E-state index in [1.54, 1.807) is 0 Å². The van der Waals surface area contributed by atoms with Crippen LogP contribution in [0, 0.1) is 11.6 Å². The second-order valence-electron chi connectivity index (χ2n) is 6.88. The van der Waals surface area contributed by atoms with Crippen LogP contribution in [0.25, 0.3) is 0 Å². The molecule has 0 aliphatic carbocycles. The van der Waals surface area contributed by atoms with E-state index in [1.807, 2.05) is 0 Å². The first-order valence-electron chi connectivity index (χ1n) is 9.01. The lowest BCUT2D eigenvalue weighted by Crippen LogP contribution is -2.47. The summed E-state index contributed by atoms with van der Waals surface area (Å²) < 4.78 is 57.1. The maximum atomic E-state index is 14.8. The predicted octanol–water partition coefficient (Wildman–Crippen LogP) is 4.05. The maximum absolute atomic E-state index is 14.8. The highest BCUT2D eigenvalue weighted by molar-refractivity contribution is 9.10. The van der Waals surface area contributed by atoms with Gasteiger partial charge in [-0.05, 0) is 65.2 Å². The molecule has 2 amide bonds. The van der Waals surface area contributed by atoms with E-state index >= 15 is 0 Å². The predicted molar refractivity (Wildman–Crippen MR) is 104 cm³/mol. The van der Waals surface area contributed by atoms with E-state index in [1.165, 1.54) is 12.1 Å². The Balaban J connectivity index is 1.83. The van der Waals surface area contributed by atoms with Crippen molar-refractivity contribution >= 4 is 33.4 Å². The summed E-state index contributed by atoms with van der Waals surface area (Å²) in [6.45, 7) is -0.145. The van der Waals surface area contributed by atoms with Crippen molar-refractivity contribution < 1.29 is 32.3 Å². The monoisotopic (exact) mass is 488 g/mol. The number of rotatable bonds is 4. The van der Waals surface area contributed by atoms with Crippen LogP contribution in [-0.2, 0) is 10.7 Å². The number of aliphatic hydroxyl groups excluding tert-OH is 1. The lowest BCUT2D eigenvalue weighted by molar-refractivity contribution is -0.161. The van der Waals surface area contributed by atoms with Crippen molar-refractivity contribution in [1.29, 1.82) is 0 Å². The van der Waals surface area contributed by atoms with E-state index in [0.29, 0.717) is 12.1 Å². The van der Waals surface area contributed by atoms with Crippen LogP contribution in [0.5, 0.6) is 0 Å². The fraction of sp³-hybridized carbons (Fsp3) is 0.300. The number of nitrogens with one attached hydrogen (secondary N) is 1. The Kier molecular flexibility index (Phi) is 6.47. The number of alkyl halides is 2. The van der Waals surface area contributed by atoms with Crippen LogP contribution in [0.15, 0.2) is 40.9 Å². The van der Waals surface area contributed by atoms with Crippen molar-refractivity contribution in [3.63, 3.8) is 0 Å². The smallest absolute Gasteiger partial charge is 0.352 e. The molecule has 1 aliphatic rings. The Morgan fingerprint density at radius 2 is 1.70 bits per heavy atom. The Morgan fingerprint density at radius 1 is 1.07 bits per heavy atom. The van der Waals surface area contributed by atoms with Gasteiger partial charge in [0.05, 0.1) is 16.1 Å². The number of benzene rings is 2. The largest absolute Gasteiger partial charge is 0.393 e. The minimum absolute atomic E-state index is 0.0726. The van der Waals surface area contributed by atoms with E-state index in [9.17, 15) is 32.3 Å². The van der Waals surface area contributed by atoms with E-state index < -0.39 is 41.0 Å². The summed E-state index contributed by atoms with van der Waals surface area (Å²) in [5.41, 5.74) is -1.33. The number of carbonyl (C=O) groups excluding carboxylic acids is 2. The van der Waals surface area contributed by atoms with Gasteiger partial charge in [0.25, 0.3) is 11.8 Å². The third-order valence-electron chi connectivity index (χ3n) is 4.76. The Labute approximate surface area is 177 Å². The molecule has 0 bridgehead atoms. The summed E-state index contributed by atoms with van der Waals surface area (Å²) in [7, 11) is 0. The van der Waals surface area contributed by atoms with Crippen molar-refractivity contribution in [3.05, 3.63) is 63.6 Å². The van der Waals surface area contributed by atoms with Gasteiger partial charge >= 0.3 is 5.92 Å². The molecule has 0 aromatic heterocycles. The second-order valence-corrected chi connectivity index (χ2v) is 7.73. The minimum Gasteiger partial charge on any atom is -0.393 e. The first-order valence-corrected chi connectivity index (χ1v) is 9.80. The average Bonchev–Trinajstić information content (AvgIpc) is 2.71. The van der Waals surface area contributed by atoms with Gasteiger partial charge in [-0.2, -0.15) is 8.78 Å². The summed E-state index contributed by atoms with van der Waals surface area (Å²) in [5, 5.41) is 11.9. The van der Waals surface area contributed by atoms with Gasteiger partial charge in [-0.25, -0.2) is 8.78 Å². The third-order valence-corrected chi connectivity index (χ3v) is 5.37. The molecular formula is C20H17BrF4N2O3. The quantitative estimate of drug-likeness (QED) is 0.637. The van der Waals surface area contributed by atoms with Crippen LogP contribution >= 0.6 is 15.9 Å². The van der Waals surface area contributed by atoms with Crippen LogP contribution in [-0.4, -0.2) is 41.0 Å². The number of amides is 2. The van der Waals surface area contributed by atoms with Crippen molar-refractivity contribution in [2.24, 2.45) is 0 Å². The molecule has 2 aromatic rings. The number of hydrogen-bond acceptors (Lipinski definition) is 3.